The molecule has 2 atom stereocenters. The second-order valence-corrected chi connectivity index (χ2v) is 4.61. The molecule has 1 saturated carbocycles. The molecule has 1 aliphatic rings. The molecular weight excluding hydrogens is 248 g/mol. The normalized spacial score (nSPS) is 21.5. The minimum absolute atomic E-state index is 0.357. The van der Waals surface area contributed by atoms with Gasteiger partial charge in [0, 0.05) is 12.0 Å². The highest BCUT2D eigenvalue weighted by Gasteiger charge is 2.36. The van der Waals surface area contributed by atoms with Gasteiger partial charge < -0.3 is 10.2 Å². The molecule has 1 aliphatic carbocycles. The number of amides is 2. The third-order valence-corrected chi connectivity index (χ3v) is 2.91. The maximum absolute atomic E-state index is 11.3. The van der Waals surface area contributed by atoms with Gasteiger partial charge in [0.1, 0.15) is 11.5 Å². The molecule has 0 bridgehead atoms. The maximum Gasteiger partial charge on any atom is 0.267 e. The zero-order chi connectivity index (χ0) is 13.8. The summed E-state index contributed by atoms with van der Waals surface area (Å²) in [6.07, 6.45) is 3.96. The Morgan fingerprint density at radius 1 is 1.58 bits per heavy atom. The van der Waals surface area contributed by atoms with E-state index < -0.39 is 11.8 Å². The van der Waals surface area contributed by atoms with Crippen LogP contribution in [0.15, 0.2) is 22.6 Å². The smallest absolute Gasteiger partial charge is 0.267 e. The molecule has 2 amide bonds. The molecule has 2 unspecified atom stereocenters. The lowest BCUT2D eigenvalue weighted by atomic mass is 10.3. The van der Waals surface area contributed by atoms with E-state index in [4.69, 9.17) is 10.2 Å². The van der Waals surface area contributed by atoms with Crippen LogP contribution in [-0.2, 0) is 14.4 Å². The Morgan fingerprint density at radius 2 is 2.32 bits per heavy atom. The number of primary amides is 1. The van der Waals surface area contributed by atoms with Gasteiger partial charge in [-0.25, -0.2) is 5.48 Å². The van der Waals surface area contributed by atoms with E-state index in [0.717, 1.165) is 12.2 Å². The molecule has 6 nitrogen and oxygen atoms in total. The van der Waals surface area contributed by atoms with Crippen LogP contribution >= 0.6 is 0 Å². The molecule has 2 rings (SSSR count). The number of carbonyl (C=O) groups is 2. The molecule has 19 heavy (non-hydrogen) atoms. The fraction of sp³-hybridized carbons (Fsp3) is 0.385. The first kappa shape index (κ1) is 13.4. The van der Waals surface area contributed by atoms with E-state index in [1.54, 1.807) is 6.08 Å². The minimum Gasteiger partial charge on any atom is -0.461 e. The van der Waals surface area contributed by atoms with E-state index in [1.165, 1.54) is 6.08 Å². The van der Waals surface area contributed by atoms with E-state index in [2.05, 4.69) is 17.2 Å². The lowest BCUT2D eigenvalue weighted by Gasteiger charge is -1.99. The molecule has 3 N–H and O–H groups in total. The Morgan fingerprint density at radius 3 is 2.95 bits per heavy atom. The highest BCUT2D eigenvalue weighted by Crippen LogP contribution is 2.47. The molecule has 1 aromatic rings. The average molecular weight is 264 g/mol. The molecule has 0 aromatic carbocycles. The summed E-state index contributed by atoms with van der Waals surface area (Å²) in [6, 6.07) is 3.74. The topological polar surface area (TPSA) is 94.6 Å². The van der Waals surface area contributed by atoms with Gasteiger partial charge in [-0.15, -0.1) is 0 Å². The van der Waals surface area contributed by atoms with Crippen LogP contribution in [0.4, 0.5) is 0 Å². The lowest BCUT2D eigenvalue weighted by molar-refractivity contribution is -0.134. The quantitative estimate of drug-likeness (QED) is 0.590. The number of rotatable bonds is 6. The summed E-state index contributed by atoms with van der Waals surface area (Å²) in [5, 5.41) is 0. The predicted molar refractivity (Wildman–Crippen MR) is 67.6 cm³/mol. The van der Waals surface area contributed by atoms with Crippen LogP contribution in [0.2, 0.25) is 0 Å². The predicted octanol–water partition coefficient (Wildman–Crippen LogP) is 0.949. The third-order valence-electron chi connectivity index (χ3n) is 2.91. The molecule has 0 radical (unpaired) electrons. The number of furan rings is 1. The summed E-state index contributed by atoms with van der Waals surface area (Å²) in [7, 11) is 0. The van der Waals surface area contributed by atoms with E-state index >= 15 is 0 Å². The molecule has 0 spiro atoms. The Kier molecular flexibility index (Phi) is 4.01. The number of hydrogen-bond donors (Lipinski definition) is 2. The van der Waals surface area contributed by atoms with Crippen molar-refractivity contribution in [1.29, 1.82) is 0 Å². The van der Waals surface area contributed by atoms with Crippen LogP contribution in [0.1, 0.15) is 30.8 Å². The van der Waals surface area contributed by atoms with Crippen molar-refractivity contribution < 1.29 is 18.8 Å². The van der Waals surface area contributed by atoms with Crippen molar-refractivity contribution in [3.8, 4) is 0 Å². The highest BCUT2D eigenvalue weighted by atomic mass is 16.7. The fourth-order valence-corrected chi connectivity index (χ4v) is 1.75. The van der Waals surface area contributed by atoms with Crippen molar-refractivity contribution in [3.05, 3.63) is 29.7 Å². The standard InChI is InChI=1S/C13H16N2O4/c1-8-6-10(8)11-4-2-9(19-11)3-5-13(17)15-18-7-12(14)16/h2-5,8,10H,6-7H2,1H3,(H2,14,16)(H,15,17)/b5-3+. The Balaban J connectivity index is 1.79. The van der Waals surface area contributed by atoms with Crippen LogP contribution in [0, 0.1) is 5.92 Å². The van der Waals surface area contributed by atoms with Crippen molar-refractivity contribution >= 4 is 17.9 Å². The number of hydrogen-bond acceptors (Lipinski definition) is 4. The number of nitrogens with one attached hydrogen (secondary N) is 1. The van der Waals surface area contributed by atoms with E-state index in [9.17, 15) is 9.59 Å². The van der Waals surface area contributed by atoms with Crippen LogP contribution in [0.5, 0.6) is 0 Å². The molecule has 1 aromatic heterocycles. The summed E-state index contributed by atoms with van der Waals surface area (Å²) in [5.41, 5.74) is 6.91. The van der Waals surface area contributed by atoms with Gasteiger partial charge in [0.2, 0.25) is 5.91 Å². The summed E-state index contributed by atoms with van der Waals surface area (Å²) < 4.78 is 5.59. The highest BCUT2D eigenvalue weighted by molar-refractivity contribution is 5.90. The second-order valence-electron chi connectivity index (χ2n) is 4.61. The van der Waals surface area contributed by atoms with Gasteiger partial charge >= 0.3 is 0 Å². The van der Waals surface area contributed by atoms with Crippen LogP contribution in [0.25, 0.3) is 6.08 Å². The van der Waals surface area contributed by atoms with Crippen LogP contribution in [-0.4, -0.2) is 18.4 Å². The zero-order valence-corrected chi connectivity index (χ0v) is 10.6. The van der Waals surface area contributed by atoms with Gasteiger partial charge in [0.05, 0.1) is 0 Å². The largest absolute Gasteiger partial charge is 0.461 e. The number of nitrogens with two attached hydrogens (primary N) is 1. The monoisotopic (exact) mass is 264 g/mol. The molecule has 6 heteroatoms. The van der Waals surface area contributed by atoms with Crippen LogP contribution in [0.3, 0.4) is 0 Å². The van der Waals surface area contributed by atoms with Gasteiger partial charge in [-0.1, -0.05) is 6.92 Å². The zero-order valence-electron chi connectivity index (χ0n) is 10.6. The molecule has 1 heterocycles. The number of hydroxylamine groups is 1. The third kappa shape index (κ3) is 3.96. The van der Waals surface area contributed by atoms with Gasteiger partial charge in [0.15, 0.2) is 6.61 Å². The van der Waals surface area contributed by atoms with Gasteiger partial charge in [0.25, 0.3) is 5.91 Å². The number of carbonyl (C=O) groups excluding carboxylic acids is 2. The van der Waals surface area contributed by atoms with Gasteiger partial charge in [-0.2, -0.15) is 0 Å². The summed E-state index contributed by atoms with van der Waals surface area (Å²) in [5.74, 6) is 1.61. The average Bonchev–Trinajstić information content (AvgIpc) is 2.90. The minimum atomic E-state index is -0.654. The van der Waals surface area contributed by atoms with Crippen molar-refractivity contribution in [2.75, 3.05) is 6.61 Å². The van der Waals surface area contributed by atoms with Gasteiger partial charge in [-0.3, -0.25) is 14.4 Å². The lowest BCUT2D eigenvalue weighted by Crippen LogP contribution is -2.28. The van der Waals surface area contributed by atoms with E-state index in [-0.39, 0.29) is 6.61 Å². The Bertz CT molecular complexity index is 506. The van der Waals surface area contributed by atoms with Crippen molar-refractivity contribution in [3.63, 3.8) is 0 Å². The SMILES string of the molecule is CC1CC1c1ccc(/C=C/C(=O)NOCC(N)=O)o1. The summed E-state index contributed by atoms with van der Waals surface area (Å²) in [6.45, 7) is 1.82. The van der Waals surface area contributed by atoms with Crippen molar-refractivity contribution in [2.24, 2.45) is 11.7 Å². The summed E-state index contributed by atoms with van der Waals surface area (Å²) >= 11 is 0. The van der Waals surface area contributed by atoms with E-state index in [1.807, 2.05) is 12.1 Å². The molecule has 0 aliphatic heterocycles. The Hall–Kier alpha value is -2.08. The second kappa shape index (κ2) is 5.71. The van der Waals surface area contributed by atoms with Gasteiger partial charge in [-0.05, 0) is 30.5 Å². The molecule has 1 fully saturated rings. The first-order valence-corrected chi connectivity index (χ1v) is 6.04. The van der Waals surface area contributed by atoms with Crippen LogP contribution < -0.4 is 11.2 Å². The first-order chi connectivity index (χ1) is 9.06. The Labute approximate surface area is 110 Å². The van der Waals surface area contributed by atoms with Crippen molar-refractivity contribution in [1.82, 2.24) is 5.48 Å². The molecule has 102 valence electrons. The van der Waals surface area contributed by atoms with Crippen molar-refractivity contribution in [2.45, 2.75) is 19.3 Å². The molecule has 0 saturated heterocycles. The maximum atomic E-state index is 11.3. The van der Waals surface area contributed by atoms with E-state index in [0.29, 0.717) is 17.6 Å². The fourth-order valence-electron chi connectivity index (χ4n) is 1.75. The molecular formula is C13H16N2O4. The first-order valence-electron chi connectivity index (χ1n) is 6.04. The summed E-state index contributed by atoms with van der Waals surface area (Å²) in [4.78, 5) is 26.2.